The van der Waals surface area contributed by atoms with Crippen LogP contribution >= 0.6 is 0 Å². The lowest BCUT2D eigenvalue weighted by atomic mass is 9.75. The Morgan fingerprint density at radius 1 is 0.500 bits per heavy atom. The van der Waals surface area contributed by atoms with Crippen LogP contribution in [-0.2, 0) is 9.47 Å². The van der Waals surface area contributed by atoms with Crippen LogP contribution in [-0.4, -0.2) is 26.4 Å². The van der Waals surface area contributed by atoms with Crippen LogP contribution in [0, 0.1) is 21.7 Å². The van der Waals surface area contributed by atoms with Gasteiger partial charge >= 0.3 is 0 Å². The van der Waals surface area contributed by atoms with Crippen molar-refractivity contribution in [2.45, 2.75) is 81.1 Å². The summed E-state index contributed by atoms with van der Waals surface area (Å²) in [7, 11) is 0. The van der Waals surface area contributed by atoms with Crippen LogP contribution in [0.4, 0.5) is 0 Å². The minimum absolute atomic E-state index is 0.375. The predicted molar refractivity (Wildman–Crippen MR) is 95.2 cm³/mol. The lowest BCUT2D eigenvalue weighted by Crippen LogP contribution is -2.23. The van der Waals surface area contributed by atoms with E-state index in [1.807, 2.05) is 0 Å². The molecule has 0 unspecified atom stereocenters. The molecule has 2 heterocycles. The van der Waals surface area contributed by atoms with Crippen LogP contribution in [0.1, 0.15) is 81.1 Å². The third kappa shape index (κ3) is 7.97. The van der Waals surface area contributed by atoms with Crippen LogP contribution in [0.15, 0.2) is 0 Å². The van der Waals surface area contributed by atoms with Gasteiger partial charge in [0.1, 0.15) is 0 Å². The van der Waals surface area contributed by atoms with E-state index in [0.29, 0.717) is 21.7 Å². The van der Waals surface area contributed by atoms with Gasteiger partial charge in [0.2, 0.25) is 0 Å². The van der Waals surface area contributed by atoms with Gasteiger partial charge in [-0.15, -0.1) is 0 Å². The Morgan fingerprint density at radius 2 is 0.818 bits per heavy atom. The van der Waals surface area contributed by atoms with E-state index in [4.69, 9.17) is 9.47 Å². The van der Waals surface area contributed by atoms with Crippen molar-refractivity contribution in [3.63, 3.8) is 0 Å². The quantitative estimate of drug-likeness (QED) is 0.571. The largest absolute Gasteiger partial charge is 0.381 e. The molecule has 2 nitrogen and oxygen atoms in total. The summed E-state index contributed by atoms with van der Waals surface area (Å²) in [4.78, 5) is 0. The van der Waals surface area contributed by atoms with Gasteiger partial charge in [-0.2, -0.15) is 0 Å². The summed E-state index contributed by atoms with van der Waals surface area (Å²) in [5.74, 6) is 0. The van der Waals surface area contributed by atoms with E-state index >= 15 is 0 Å². The van der Waals surface area contributed by atoms with E-state index in [0.717, 1.165) is 26.4 Å². The van der Waals surface area contributed by atoms with Crippen molar-refractivity contribution in [3.8, 4) is 0 Å². The van der Waals surface area contributed by atoms with Gasteiger partial charge in [-0.3, -0.25) is 0 Å². The highest BCUT2D eigenvalue weighted by atomic mass is 16.5. The molecule has 0 radical (unpaired) electrons. The first-order valence-corrected chi connectivity index (χ1v) is 8.98. The van der Waals surface area contributed by atoms with Gasteiger partial charge in [-0.1, -0.05) is 55.4 Å². The Labute approximate surface area is 139 Å². The minimum atomic E-state index is 0.375. The first kappa shape index (κ1) is 20.0. The molecule has 0 N–H and O–H groups in total. The molecule has 0 spiro atoms. The summed E-state index contributed by atoms with van der Waals surface area (Å²) >= 11 is 0. The highest BCUT2D eigenvalue weighted by Crippen LogP contribution is 2.39. The van der Waals surface area contributed by atoms with Crippen molar-refractivity contribution in [1.82, 2.24) is 0 Å². The van der Waals surface area contributed by atoms with E-state index in [9.17, 15) is 0 Å². The van der Waals surface area contributed by atoms with E-state index < -0.39 is 0 Å². The Balaban J connectivity index is 0.000000220. The second-order valence-electron chi connectivity index (χ2n) is 10.6. The fraction of sp³-hybridized carbons (Fsp3) is 1.00. The highest BCUT2D eigenvalue weighted by molar-refractivity contribution is 4.82. The van der Waals surface area contributed by atoms with E-state index in [-0.39, 0.29) is 0 Å². The van der Waals surface area contributed by atoms with E-state index in [2.05, 4.69) is 55.4 Å². The first-order valence-electron chi connectivity index (χ1n) is 8.98. The van der Waals surface area contributed by atoms with Gasteiger partial charge in [0.05, 0.1) is 13.2 Å². The molecule has 0 aromatic heterocycles. The number of hydrogen-bond donors (Lipinski definition) is 0. The Kier molecular flexibility index (Phi) is 6.55. The van der Waals surface area contributed by atoms with E-state index in [1.165, 1.54) is 25.7 Å². The standard InChI is InChI=1S/2C10H20O/c2*1-9(2)5-6-11-8-10(3,4)7-9/h2*5-8H2,1-4H3. The number of hydrogen-bond acceptors (Lipinski definition) is 2. The van der Waals surface area contributed by atoms with Crippen LogP contribution < -0.4 is 0 Å². The van der Waals surface area contributed by atoms with Crippen molar-refractivity contribution in [2.24, 2.45) is 21.7 Å². The van der Waals surface area contributed by atoms with Crippen molar-refractivity contribution in [1.29, 1.82) is 0 Å². The smallest absolute Gasteiger partial charge is 0.0517 e. The Hall–Kier alpha value is -0.0800. The maximum absolute atomic E-state index is 5.55. The molecule has 0 aromatic rings. The SMILES string of the molecule is CC1(C)CCOCC(C)(C)C1.CC1(C)CCOCC(C)(C)C1. The monoisotopic (exact) mass is 312 g/mol. The molecular formula is C20H40O2. The maximum atomic E-state index is 5.55. The summed E-state index contributed by atoms with van der Waals surface area (Å²) in [5.41, 5.74) is 1.69. The number of rotatable bonds is 0. The average molecular weight is 313 g/mol. The average Bonchev–Trinajstić information content (AvgIpc) is 2.48. The molecule has 0 amide bonds. The molecule has 0 aromatic carbocycles. The minimum Gasteiger partial charge on any atom is -0.381 e. The molecular weight excluding hydrogens is 272 g/mol. The summed E-state index contributed by atoms with van der Waals surface area (Å²) in [6, 6.07) is 0. The van der Waals surface area contributed by atoms with E-state index in [1.54, 1.807) is 0 Å². The summed E-state index contributed by atoms with van der Waals surface area (Å²) < 4.78 is 11.1. The van der Waals surface area contributed by atoms with Gasteiger partial charge < -0.3 is 9.47 Å². The number of ether oxygens (including phenoxy) is 2. The molecule has 2 fully saturated rings. The van der Waals surface area contributed by atoms with Gasteiger partial charge in [0, 0.05) is 13.2 Å². The Morgan fingerprint density at radius 3 is 1.14 bits per heavy atom. The molecule has 2 aliphatic rings. The molecule has 22 heavy (non-hydrogen) atoms. The summed E-state index contributed by atoms with van der Waals surface area (Å²) in [6.45, 7) is 22.2. The maximum Gasteiger partial charge on any atom is 0.0517 e. The summed E-state index contributed by atoms with van der Waals surface area (Å²) in [6.07, 6.45) is 4.97. The third-order valence-electron chi connectivity index (χ3n) is 4.75. The second kappa shape index (κ2) is 7.21. The molecule has 2 heteroatoms. The van der Waals surface area contributed by atoms with Crippen molar-refractivity contribution >= 4 is 0 Å². The van der Waals surface area contributed by atoms with Crippen molar-refractivity contribution in [2.75, 3.05) is 26.4 Å². The first-order chi connectivity index (χ1) is 9.83. The predicted octanol–water partition coefficient (Wildman–Crippen LogP) is 5.70. The van der Waals surface area contributed by atoms with Crippen LogP contribution in [0.3, 0.4) is 0 Å². The van der Waals surface area contributed by atoms with Gasteiger partial charge in [-0.25, -0.2) is 0 Å². The van der Waals surface area contributed by atoms with Crippen LogP contribution in [0.2, 0.25) is 0 Å². The summed E-state index contributed by atoms with van der Waals surface area (Å²) in [5, 5.41) is 0. The fourth-order valence-electron chi connectivity index (χ4n) is 4.26. The molecule has 0 bridgehead atoms. The zero-order valence-electron chi connectivity index (χ0n) is 16.5. The van der Waals surface area contributed by atoms with Crippen molar-refractivity contribution in [3.05, 3.63) is 0 Å². The molecule has 132 valence electrons. The molecule has 0 saturated carbocycles. The zero-order valence-corrected chi connectivity index (χ0v) is 16.5. The van der Waals surface area contributed by atoms with Gasteiger partial charge in [0.15, 0.2) is 0 Å². The van der Waals surface area contributed by atoms with Gasteiger partial charge in [-0.05, 0) is 47.3 Å². The molecule has 2 aliphatic heterocycles. The second-order valence-corrected chi connectivity index (χ2v) is 10.6. The lowest BCUT2D eigenvalue weighted by molar-refractivity contribution is 0.0797. The van der Waals surface area contributed by atoms with Crippen molar-refractivity contribution < 1.29 is 9.47 Å². The van der Waals surface area contributed by atoms with Crippen LogP contribution in [0.25, 0.3) is 0 Å². The normalized spacial score (nSPS) is 29.5. The zero-order chi connectivity index (χ0) is 17.1. The lowest BCUT2D eigenvalue weighted by Gasteiger charge is -2.30. The molecule has 0 atom stereocenters. The van der Waals surface area contributed by atoms with Crippen LogP contribution in [0.5, 0.6) is 0 Å². The molecule has 2 saturated heterocycles. The Bertz CT molecular complexity index is 274. The highest BCUT2D eigenvalue weighted by Gasteiger charge is 2.32. The van der Waals surface area contributed by atoms with Gasteiger partial charge in [0.25, 0.3) is 0 Å². The fourth-order valence-corrected chi connectivity index (χ4v) is 4.26. The topological polar surface area (TPSA) is 18.5 Å². The third-order valence-corrected chi connectivity index (χ3v) is 4.75. The molecule has 2 rings (SSSR count). The molecule has 0 aliphatic carbocycles.